The Hall–Kier alpha value is -0.190. The Morgan fingerprint density at radius 1 is 1.50 bits per heavy atom. The average Bonchev–Trinajstić information content (AvgIpc) is 1.41. The Morgan fingerprint density at radius 3 is 1.50 bits per heavy atom. The van der Waals surface area contributed by atoms with E-state index in [4.69, 9.17) is 35.0 Å². The summed E-state index contributed by atoms with van der Waals surface area (Å²) >= 11 is 9.69. The van der Waals surface area contributed by atoms with Gasteiger partial charge in [0.05, 0.1) is 4.49 Å². The fourth-order valence-corrected chi connectivity index (χ4v) is 0. The van der Waals surface area contributed by atoms with Crippen LogP contribution in [0.5, 0.6) is 0 Å². The third-order valence-electron chi connectivity index (χ3n) is 0. The summed E-state index contributed by atoms with van der Waals surface area (Å²) in [6.07, 6.45) is 0. The maximum Gasteiger partial charge on any atom is 0.0992 e. The van der Waals surface area contributed by atoms with Gasteiger partial charge >= 0.3 is 0 Å². The van der Waals surface area contributed by atoms with Gasteiger partial charge in [0.1, 0.15) is 0 Å². The lowest BCUT2D eigenvalue weighted by Crippen LogP contribution is -1.24. The Bertz CT molecular complexity index is 53.1. The van der Waals surface area contributed by atoms with Crippen LogP contribution in [0, 0.1) is 11.8 Å². The first-order valence-corrected chi connectivity index (χ1v) is 1.71. The minimum Gasteiger partial charge on any atom is -0.512 e. The van der Waals surface area contributed by atoms with E-state index >= 15 is 0 Å². The third kappa shape index (κ3) is 833. The van der Waals surface area contributed by atoms with Gasteiger partial charge in [0.2, 0.25) is 0 Å². The Balaban J connectivity index is 0. The molecular formula is C3H2Cl2N-. The first kappa shape index (κ1) is 9.26. The molecule has 0 aromatic rings. The maximum atomic E-state index is 6.25. The van der Waals surface area contributed by atoms with Gasteiger partial charge in [0.15, 0.2) is 0 Å². The smallest absolute Gasteiger partial charge is 0.0992 e. The molecule has 0 aromatic carbocycles. The van der Waals surface area contributed by atoms with Crippen molar-refractivity contribution in [3.8, 4) is 0 Å². The molecule has 34 valence electrons. The van der Waals surface area contributed by atoms with Crippen molar-refractivity contribution in [2.45, 2.75) is 0 Å². The molecule has 3 heteroatoms. The van der Waals surface area contributed by atoms with Gasteiger partial charge in [-0.15, -0.1) is 0 Å². The number of nitrogens with zero attached hydrogens (tertiary/aromatic N) is 1. The second kappa shape index (κ2) is 8.84. The van der Waals surface area contributed by atoms with Crippen molar-refractivity contribution < 1.29 is 0 Å². The quantitative estimate of drug-likeness (QED) is 0.452. The molecule has 0 aliphatic heterocycles. The molecule has 0 amide bonds. The summed E-state index contributed by atoms with van der Waals surface area (Å²) in [5.41, 5.74) is 0. The van der Waals surface area contributed by atoms with Crippen molar-refractivity contribution in [1.82, 2.24) is 0 Å². The molecule has 0 aliphatic rings. The summed E-state index contributed by atoms with van der Waals surface area (Å²) in [4.78, 5) is 0. The van der Waals surface area contributed by atoms with Crippen molar-refractivity contribution in [1.29, 1.82) is 5.26 Å². The van der Waals surface area contributed by atoms with Gasteiger partial charge in [-0.2, -0.15) is 0 Å². The van der Waals surface area contributed by atoms with Crippen LogP contribution in [0.15, 0.2) is 11.1 Å². The van der Waals surface area contributed by atoms with Crippen LogP contribution in [0.4, 0.5) is 0 Å². The van der Waals surface area contributed by atoms with Crippen LogP contribution in [-0.4, -0.2) is 0 Å². The number of hydrogen-bond acceptors (Lipinski definition) is 1. The number of rotatable bonds is 0. The van der Waals surface area contributed by atoms with Gasteiger partial charge in [-0.3, -0.25) is 0 Å². The molecule has 0 saturated heterocycles. The molecule has 0 unspecified atom stereocenters. The Morgan fingerprint density at radius 2 is 1.50 bits per heavy atom. The molecule has 0 aliphatic carbocycles. The molecule has 0 N–H and O–H groups in total. The Labute approximate surface area is 46.8 Å². The standard InChI is InChI=1S/C2H2Cl2.CN/c1-2(3)4;1-2/h1H2;/q;-1. The largest absolute Gasteiger partial charge is 0.512 e. The van der Waals surface area contributed by atoms with Crippen molar-refractivity contribution >= 4 is 23.2 Å². The van der Waals surface area contributed by atoms with E-state index in [0.29, 0.717) is 0 Å². The molecule has 0 atom stereocenters. The SMILES string of the molecule is C=C(Cl)Cl.[C-]#N. The molecule has 0 rings (SSSR count). The molecule has 0 spiro atoms. The highest BCUT2D eigenvalue weighted by Gasteiger charge is 1.60. The monoisotopic (exact) mass is 122 g/mol. The van der Waals surface area contributed by atoms with Crippen molar-refractivity contribution in [2.24, 2.45) is 0 Å². The summed E-state index contributed by atoms with van der Waals surface area (Å²) in [7, 11) is 0. The van der Waals surface area contributed by atoms with Gasteiger partial charge in [-0.25, -0.2) is 0 Å². The predicted molar refractivity (Wildman–Crippen MR) is 25.8 cm³/mol. The highest BCUT2D eigenvalue weighted by Crippen LogP contribution is 1.98. The van der Waals surface area contributed by atoms with Gasteiger partial charge in [-0.1, -0.05) is 29.8 Å². The second-order valence-electron chi connectivity index (χ2n) is 0.339. The molecule has 0 saturated carbocycles. The van der Waals surface area contributed by atoms with E-state index in [1.165, 1.54) is 0 Å². The van der Waals surface area contributed by atoms with E-state index < -0.39 is 0 Å². The first-order valence-electron chi connectivity index (χ1n) is 0.955. The topological polar surface area (TPSA) is 23.8 Å². The van der Waals surface area contributed by atoms with E-state index in [1.54, 1.807) is 0 Å². The van der Waals surface area contributed by atoms with E-state index in [0.717, 1.165) is 0 Å². The van der Waals surface area contributed by atoms with E-state index in [2.05, 4.69) is 6.58 Å². The van der Waals surface area contributed by atoms with Crippen molar-refractivity contribution in [3.63, 3.8) is 0 Å². The van der Waals surface area contributed by atoms with Crippen LogP contribution in [-0.2, 0) is 0 Å². The molecule has 0 heterocycles. The normalized spacial score (nSPS) is 4.67. The van der Waals surface area contributed by atoms with Crippen LogP contribution in [0.3, 0.4) is 0 Å². The summed E-state index contributed by atoms with van der Waals surface area (Å²) in [5, 5.41) is 6.25. The minimum atomic E-state index is 0.111. The van der Waals surface area contributed by atoms with Gasteiger partial charge in [-0.05, 0) is 0 Å². The van der Waals surface area contributed by atoms with Crippen LogP contribution >= 0.6 is 23.2 Å². The van der Waals surface area contributed by atoms with E-state index in [-0.39, 0.29) is 4.49 Å². The summed E-state index contributed by atoms with van der Waals surface area (Å²) in [5.74, 6) is 0. The number of hydrogen-bond donors (Lipinski definition) is 0. The van der Waals surface area contributed by atoms with Crippen LogP contribution < -0.4 is 0 Å². The molecule has 6 heavy (non-hydrogen) atoms. The van der Waals surface area contributed by atoms with Crippen LogP contribution in [0.25, 0.3) is 0 Å². The molecule has 1 nitrogen and oxygen atoms in total. The van der Waals surface area contributed by atoms with Crippen molar-refractivity contribution in [3.05, 3.63) is 17.6 Å². The van der Waals surface area contributed by atoms with Crippen molar-refractivity contribution in [2.75, 3.05) is 0 Å². The maximum absolute atomic E-state index is 6.25. The van der Waals surface area contributed by atoms with E-state index in [9.17, 15) is 0 Å². The Kier molecular flexibility index (Phi) is 13.6. The van der Waals surface area contributed by atoms with Crippen LogP contribution in [0.1, 0.15) is 0 Å². The van der Waals surface area contributed by atoms with Gasteiger partial charge < -0.3 is 11.8 Å². The molecule has 0 aromatic heterocycles. The summed E-state index contributed by atoms with van der Waals surface area (Å²) < 4.78 is 0.111. The van der Waals surface area contributed by atoms with Crippen LogP contribution in [0.2, 0.25) is 0 Å². The lowest BCUT2D eigenvalue weighted by molar-refractivity contribution is 1.53. The average molecular weight is 123 g/mol. The minimum absolute atomic E-state index is 0.111. The molecule has 0 fully saturated rings. The zero-order valence-electron chi connectivity index (χ0n) is 2.91. The lowest BCUT2D eigenvalue weighted by Gasteiger charge is -1.57. The predicted octanol–water partition coefficient (Wildman–Crippen LogP) is 2.03. The lowest BCUT2D eigenvalue weighted by atomic mass is 11.3. The first-order chi connectivity index (χ1) is 2.73. The molecule has 0 bridgehead atoms. The second-order valence-corrected chi connectivity index (χ2v) is 1.44. The van der Waals surface area contributed by atoms with Gasteiger partial charge in [0.25, 0.3) is 0 Å². The third-order valence-corrected chi connectivity index (χ3v) is 0. The zero-order valence-corrected chi connectivity index (χ0v) is 4.42. The summed E-state index contributed by atoms with van der Waals surface area (Å²) in [6.45, 7) is 7.84. The van der Waals surface area contributed by atoms with Gasteiger partial charge in [0, 0.05) is 0 Å². The zero-order chi connectivity index (χ0) is 5.58. The summed E-state index contributed by atoms with van der Waals surface area (Å²) in [6, 6.07) is 0. The molecule has 0 radical (unpaired) electrons. The number of halogens is 2. The fourth-order valence-electron chi connectivity index (χ4n) is 0. The fraction of sp³-hybridized carbons (Fsp3) is 0. The highest BCUT2D eigenvalue weighted by molar-refractivity contribution is 6.55. The van der Waals surface area contributed by atoms with E-state index in [1.807, 2.05) is 0 Å². The molecular weight excluding hydrogens is 121 g/mol. The highest BCUT2D eigenvalue weighted by atomic mass is 35.5.